The minimum atomic E-state index is 0.0934. The van der Waals surface area contributed by atoms with Crippen LogP contribution in [-0.4, -0.2) is 5.75 Å². The molecule has 0 aliphatic rings. The van der Waals surface area contributed by atoms with Gasteiger partial charge < -0.3 is 11.5 Å². The monoisotopic (exact) mass is 238 g/mol. The average Bonchev–Trinajstić information content (AvgIpc) is 2.15. The third-order valence-electron chi connectivity index (χ3n) is 2.46. The zero-order valence-corrected chi connectivity index (χ0v) is 11.4. The van der Waals surface area contributed by atoms with Gasteiger partial charge in [-0.1, -0.05) is 27.7 Å². The fourth-order valence-electron chi connectivity index (χ4n) is 1.48. The summed E-state index contributed by atoms with van der Waals surface area (Å²) in [6.45, 7) is 8.66. The van der Waals surface area contributed by atoms with Crippen LogP contribution in [0, 0.1) is 0 Å². The quantitative estimate of drug-likeness (QED) is 0.624. The Kier molecular flexibility index (Phi) is 4.14. The summed E-state index contributed by atoms with van der Waals surface area (Å²) < 4.78 is 0. The van der Waals surface area contributed by atoms with Crippen molar-refractivity contribution in [2.45, 2.75) is 44.4 Å². The molecule has 0 aromatic heterocycles. The largest absolute Gasteiger partial charge is 0.398 e. The second-order valence-electron chi connectivity index (χ2n) is 5.08. The second kappa shape index (κ2) is 5.00. The Balaban J connectivity index is 3.08. The molecule has 4 N–H and O–H groups in total. The van der Waals surface area contributed by atoms with Crippen LogP contribution in [0.4, 0.5) is 11.4 Å². The zero-order valence-electron chi connectivity index (χ0n) is 10.6. The van der Waals surface area contributed by atoms with Crippen LogP contribution in [0.5, 0.6) is 0 Å². The van der Waals surface area contributed by atoms with Crippen LogP contribution in [0.1, 0.15) is 39.7 Å². The Labute approximate surface area is 103 Å². The van der Waals surface area contributed by atoms with Gasteiger partial charge in [-0.05, 0) is 35.3 Å². The van der Waals surface area contributed by atoms with Gasteiger partial charge in [0, 0.05) is 11.4 Å². The molecule has 0 aliphatic heterocycles. The van der Waals surface area contributed by atoms with Gasteiger partial charge in [0.25, 0.3) is 0 Å². The van der Waals surface area contributed by atoms with Crippen molar-refractivity contribution in [1.82, 2.24) is 0 Å². The van der Waals surface area contributed by atoms with Gasteiger partial charge in [-0.15, -0.1) is 11.8 Å². The molecule has 0 spiro atoms. The molecule has 0 fully saturated rings. The molecule has 0 saturated heterocycles. The van der Waals surface area contributed by atoms with E-state index in [1.165, 1.54) is 5.56 Å². The fraction of sp³-hybridized carbons (Fsp3) is 0.538. The molecule has 0 radical (unpaired) electrons. The van der Waals surface area contributed by atoms with Gasteiger partial charge >= 0.3 is 0 Å². The van der Waals surface area contributed by atoms with Crippen molar-refractivity contribution in [3.8, 4) is 0 Å². The molecule has 1 aromatic carbocycles. The predicted octanol–water partition coefficient (Wildman–Crippen LogP) is 3.65. The minimum absolute atomic E-state index is 0.0934. The lowest BCUT2D eigenvalue weighted by Gasteiger charge is -2.21. The summed E-state index contributed by atoms with van der Waals surface area (Å²) in [5, 5.41) is 0. The number of anilines is 2. The first-order chi connectivity index (χ1) is 7.36. The van der Waals surface area contributed by atoms with E-state index in [1.807, 2.05) is 12.1 Å². The van der Waals surface area contributed by atoms with Crippen molar-refractivity contribution < 1.29 is 0 Å². The molecule has 0 bridgehead atoms. The molecule has 0 aliphatic carbocycles. The molecule has 0 saturated carbocycles. The molecular formula is C13H22N2S. The van der Waals surface area contributed by atoms with Crippen LogP contribution in [0.25, 0.3) is 0 Å². The van der Waals surface area contributed by atoms with E-state index in [2.05, 4.69) is 27.7 Å². The lowest BCUT2D eigenvalue weighted by Crippen LogP contribution is -2.12. The third kappa shape index (κ3) is 3.08. The van der Waals surface area contributed by atoms with Crippen LogP contribution in [0.2, 0.25) is 0 Å². The first kappa shape index (κ1) is 13.2. The highest BCUT2D eigenvalue weighted by molar-refractivity contribution is 7.99. The van der Waals surface area contributed by atoms with Gasteiger partial charge in [0.05, 0.1) is 4.90 Å². The van der Waals surface area contributed by atoms with Crippen molar-refractivity contribution in [3.63, 3.8) is 0 Å². The van der Waals surface area contributed by atoms with E-state index in [-0.39, 0.29) is 5.41 Å². The summed E-state index contributed by atoms with van der Waals surface area (Å²) in [5.74, 6) is 1.06. The topological polar surface area (TPSA) is 52.0 Å². The fourth-order valence-corrected chi connectivity index (χ4v) is 2.34. The molecule has 0 atom stereocenters. The van der Waals surface area contributed by atoms with E-state index >= 15 is 0 Å². The van der Waals surface area contributed by atoms with Gasteiger partial charge in [-0.2, -0.15) is 0 Å². The van der Waals surface area contributed by atoms with Crippen molar-refractivity contribution in [3.05, 3.63) is 17.7 Å². The van der Waals surface area contributed by atoms with Crippen molar-refractivity contribution in [2.24, 2.45) is 0 Å². The Morgan fingerprint density at radius 3 is 2.00 bits per heavy atom. The van der Waals surface area contributed by atoms with E-state index in [4.69, 9.17) is 11.5 Å². The molecule has 3 heteroatoms. The van der Waals surface area contributed by atoms with Gasteiger partial charge in [0.2, 0.25) is 0 Å². The summed E-state index contributed by atoms with van der Waals surface area (Å²) in [6.07, 6.45) is 1.13. The number of hydrogen-bond donors (Lipinski definition) is 2. The smallest absolute Gasteiger partial charge is 0.0532 e. The molecule has 0 unspecified atom stereocenters. The molecule has 0 heterocycles. The lowest BCUT2D eigenvalue weighted by atomic mass is 9.86. The van der Waals surface area contributed by atoms with E-state index < -0.39 is 0 Å². The first-order valence-corrected chi connectivity index (χ1v) is 6.67. The molecule has 1 rings (SSSR count). The van der Waals surface area contributed by atoms with Crippen molar-refractivity contribution >= 4 is 23.1 Å². The summed E-state index contributed by atoms with van der Waals surface area (Å²) in [4.78, 5) is 1.04. The average molecular weight is 238 g/mol. The second-order valence-corrected chi connectivity index (χ2v) is 6.19. The molecule has 1 aromatic rings. The van der Waals surface area contributed by atoms with Crippen LogP contribution in [0.3, 0.4) is 0 Å². The highest BCUT2D eigenvalue weighted by atomic mass is 32.2. The van der Waals surface area contributed by atoms with Gasteiger partial charge in [-0.3, -0.25) is 0 Å². The van der Waals surface area contributed by atoms with Crippen molar-refractivity contribution in [2.75, 3.05) is 17.2 Å². The van der Waals surface area contributed by atoms with Crippen LogP contribution >= 0.6 is 11.8 Å². The Hall–Kier alpha value is -0.830. The maximum atomic E-state index is 6.06. The highest BCUT2D eigenvalue weighted by Gasteiger charge is 2.16. The lowest BCUT2D eigenvalue weighted by molar-refractivity contribution is 0.590. The maximum Gasteiger partial charge on any atom is 0.0532 e. The number of benzene rings is 1. The van der Waals surface area contributed by atoms with Crippen LogP contribution in [-0.2, 0) is 5.41 Å². The first-order valence-electron chi connectivity index (χ1n) is 5.68. The van der Waals surface area contributed by atoms with E-state index in [1.54, 1.807) is 11.8 Å². The SMILES string of the molecule is CCCSc1c(N)cc(C(C)(C)C)cc1N. The van der Waals surface area contributed by atoms with Crippen molar-refractivity contribution in [1.29, 1.82) is 0 Å². The van der Waals surface area contributed by atoms with E-state index in [0.29, 0.717) is 0 Å². The molecule has 0 amide bonds. The van der Waals surface area contributed by atoms with Gasteiger partial charge in [0.15, 0.2) is 0 Å². The number of hydrogen-bond acceptors (Lipinski definition) is 3. The third-order valence-corrected chi connectivity index (χ3v) is 3.84. The number of nitrogen functional groups attached to an aromatic ring is 2. The number of rotatable bonds is 3. The van der Waals surface area contributed by atoms with Gasteiger partial charge in [-0.25, -0.2) is 0 Å². The van der Waals surface area contributed by atoms with E-state index in [9.17, 15) is 0 Å². The van der Waals surface area contributed by atoms with Gasteiger partial charge in [0.1, 0.15) is 0 Å². The standard InChI is InChI=1S/C13H22N2S/c1-5-6-16-12-10(14)7-9(8-11(12)15)13(2,3)4/h7-8H,5-6,14-15H2,1-4H3. The minimum Gasteiger partial charge on any atom is -0.398 e. The summed E-state index contributed by atoms with van der Waals surface area (Å²) in [5.41, 5.74) is 15.0. The van der Waals surface area contributed by atoms with E-state index in [0.717, 1.165) is 28.4 Å². The summed E-state index contributed by atoms with van der Waals surface area (Å²) in [7, 11) is 0. The molecule has 16 heavy (non-hydrogen) atoms. The Morgan fingerprint density at radius 2 is 1.62 bits per heavy atom. The summed E-state index contributed by atoms with van der Waals surface area (Å²) >= 11 is 1.74. The Morgan fingerprint density at radius 1 is 1.12 bits per heavy atom. The molecular weight excluding hydrogens is 216 g/mol. The highest BCUT2D eigenvalue weighted by Crippen LogP contribution is 2.36. The maximum absolute atomic E-state index is 6.06. The predicted molar refractivity (Wildman–Crippen MR) is 75.0 cm³/mol. The molecule has 2 nitrogen and oxygen atoms in total. The normalized spacial score (nSPS) is 11.8. The number of thioether (sulfide) groups is 1. The Bertz CT molecular complexity index is 344. The summed E-state index contributed by atoms with van der Waals surface area (Å²) in [6, 6.07) is 4.10. The number of nitrogens with two attached hydrogens (primary N) is 2. The van der Waals surface area contributed by atoms with Crippen LogP contribution in [0.15, 0.2) is 17.0 Å². The zero-order chi connectivity index (χ0) is 12.3. The molecule has 90 valence electrons. The van der Waals surface area contributed by atoms with Crippen LogP contribution < -0.4 is 11.5 Å².